The number of aromatic amines is 1. The summed E-state index contributed by atoms with van der Waals surface area (Å²) >= 11 is 0. The molecular weight excluding hydrogens is 498 g/mol. The van der Waals surface area contributed by atoms with Crippen molar-refractivity contribution in [2.75, 3.05) is 34.0 Å². The summed E-state index contributed by atoms with van der Waals surface area (Å²) in [5.41, 5.74) is 2.83. The molecule has 2 amide bonds. The Morgan fingerprint density at radius 3 is 2.41 bits per heavy atom. The predicted octanol–water partition coefficient (Wildman–Crippen LogP) is 4.27. The fourth-order valence-corrected chi connectivity index (χ4v) is 4.55. The van der Waals surface area contributed by atoms with Gasteiger partial charge in [0.05, 0.1) is 26.3 Å². The van der Waals surface area contributed by atoms with Crippen LogP contribution >= 0.6 is 0 Å². The van der Waals surface area contributed by atoms with Gasteiger partial charge in [-0.25, -0.2) is 4.79 Å². The van der Waals surface area contributed by atoms with Gasteiger partial charge in [-0.05, 0) is 41.8 Å². The van der Waals surface area contributed by atoms with Gasteiger partial charge in [-0.2, -0.15) is 0 Å². The predicted molar refractivity (Wildman–Crippen MR) is 148 cm³/mol. The molecule has 0 bridgehead atoms. The van der Waals surface area contributed by atoms with Crippen molar-refractivity contribution >= 4 is 16.9 Å². The van der Waals surface area contributed by atoms with Gasteiger partial charge < -0.3 is 34.1 Å². The van der Waals surface area contributed by atoms with E-state index in [4.69, 9.17) is 18.9 Å². The van der Waals surface area contributed by atoms with Crippen LogP contribution in [0.1, 0.15) is 16.7 Å². The van der Waals surface area contributed by atoms with Crippen molar-refractivity contribution in [2.24, 2.45) is 0 Å². The SMILES string of the molecule is COc1ccc(CCN(Cc2cc3cc4c(cc3[nH]c2=O)OCCO4)C(=O)NCc2ccccc2)cc1OC. The van der Waals surface area contributed by atoms with Crippen molar-refractivity contribution in [3.05, 3.63) is 93.8 Å². The molecule has 0 radical (unpaired) electrons. The summed E-state index contributed by atoms with van der Waals surface area (Å²) in [7, 11) is 3.18. The Hall–Kier alpha value is -4.66. The highest BCUT2D eigenvalue weighted by Gasteiger charge is 2.19. The average molecular weight is 530 g/mol. The van der Waals surface area contributed by atoms with E-state index in [0.29, 0.717) is 66.8 Å². The summed E-state index contributed by atoms with van der Waals surface area (Å²) in [5, 5.41) is 3.79. The zero-order valence-corrected chi connectivity index (χ0v) is 22.0. The second-order valence-electron chi connectivity index (χ2n) is 9.21. The summed E-state index contributed by atoms with van der Waals surface area (Å²) < 4.78 is 22.1. The molecule has 5 rings (SSSR count). The number of methoxy groups -OCH3 is 2. The quantitative estimate of drug-likeness (QED) is 0.336. The second kappa shape index (κ2) is 11.8. The van der Waals surface area contributed by atoms with Crippen molar-refractivity contribution < 1.29 is 23.7 Å². The van der Waals surface area contributed by atoms with Gasteiger partial charge in [0.2, 0.25) is 0 Å². The van der Waals surface area contributed by atoms with Crippen LogP contribution < -0.4 is 29.8 Å². The normalized spacial score (nSPS) is 12.2. The number of nitrogens with one attached hydrogen (secondary N) is 2. The van der Waals surface area contributed by atoms with Crippen LogP contribution in [0.15, 0.2) is 71.5 Å². The van der Waals surface area contributed by atoms with Crippen molar-refractivity contribution in [2.45, 2.75) is 19.5 Å². The van der Waals surface area contributed by atoms with Gasteiger partial charge in [-0.1, -0.05) is 36.4 Å². The minimum Gasteiger partial charge on any atom is -0.493 e. The molecule has 1 aromatic heterocycles. The molecule has 0 fully saturated rings. The van der Waals surface area contributed by atoms with E-state index in [-0.39, 0.29) is 18.1 Å². The molecule has 9 nitrogen and oxygen atoms in total. The lowest BCUT2D eigenvalue weighted by atomic mass is 10.1. The van der Waals surface area contributed by atoms with Gasteiger partial charge in [0, 0.05) is 30.1 Å². The van der Waals surface area contributed by atoms with Crippen molar-refractivity contribution in [1.29, 1.82) is 0 Å². The van der Waals surface area contributed by atoms with E-state index in [1.165, 1.54) is 0 Å². The minimum atomic E-state index is -0.263. The molecule has 39 heavy (non-hydrogen) atoms. The largest absolute Gasteiger partial charge is 0.493 e. The monoisotopic (exact) mass is 529 g/mol. The summed E-state index contributed by atoms with van der Waals surface area (Å²) in [6.07, 6.45) is 0.559. The highest BCUT2D eigenvalue weighted by atomic mass is 16.6. The third-order valence-electron chi connectivity index (χ3n) is 6.64. The van der Waals surface area contributed by atoms with E-state index >= 15 is 0 Å². The van der Waals surface area contributed by atoms with Crippen LogP contribution in [0.5, 0.6) is 23.0 Å². The van der Waals surface area contributed by atoms with Gasteiger partial charge in [-0.15, -0.1) is 0 Å². The average Bonchev–Trinajstić information content (AvgIpc) is 2.97. The van der Waals surface area contributed by atoms with Gasteiger partial charge >= 0.3 is 6.03 Å². The van der Waals surface area contributed by atoms with Crippen molar-refractivity contribution in [3.63, 3.8) is 0 Å². The number of fused-ring (bicyclic) bond motifs is 2. The number of hydrogen-bond acceptors (Lipinski definition) is 6. The molecule has 0 saturated heterocycles. The van der Waals surface area contributed by atoms with Crippen LogP contribution in [0.3, 0.4) is 0 Å². The molecule has 0 aliphatic carbocycles. The Kier molecular flexibility index (Phi) is 7.86. The molecule has 0 spiro atoms. The molecule has 1 aliphatic rings. The van der Waals surface area contributed by atoms with Crippen LogP contribution in [-0.4, -0.2) is 49.9 Å². The van der Waals surface area contributed by atoms with Crippen LogP contribution in [0.25, 0.3) is 10.9 Å². The van der Waals surface area contributed by atoms with Gasteiger partial charge in [0.15, 0.2) is 23.0 Å². The Morgan fingerprint density at radius 2 is 1.67 bits per heavy atom. The molecule has 202 valence electrons. The fraction of sp³-hybridized carbons (Fsp3) is 0.267. The lowest BCUT2D eigenvalue weighted by Crippen LogP contribution is -2.41. The van der Waals surface area contributed by atoms with Gasteiger partial charge in [0.25, 0.3) is 5.56 Å². The second-order valence-corrected chi connectivity index (χ2v) is 9.21. The number of rotatable bonds is 9. The molecular formula is C30H31N3O6. The number of nitrogens with zero attached hydrogens (tertiary/aromatic N) is 1. The van der Waals surface area contributed by atoms with Crippen LogP contribution in [0.2, 0.25) is 0 Å². The topological polar surface area (TPSA) is 102 Å². The number of amides is 2. The van der Waals surface area contributed by atoms with Crippen LogP contribution in [0.4, 0.5) is 4.79 Å². The number of H-pyrrole nitrogens is 1. The Morgan fingerprint density at radius 1 is 0.923 bits per heavy atom. The Bertz CT molecular complexity index is 1520. The van der Waals surface area contributed by atoms with E-state index < -0.39 is 0 Å². The first kappa shape index (κ1) is 26.0. The number of carbonyl (C=O) groups is 1. The van der Waals surface area contributed by atoms with E-state index in [1.807, 2.05) is 54.6 Å². The first-order valence-electron chi connectivity index (χ1n) is 12.8. The first-order chi connectivity index (χ1) is 19.0. The Labute approximate surface area is 226 Å². The van der Waals surface area contributed by atoms with Crippen LogP contribution in [-0.2, 0) is 19.5 Å². The lowest BCUT2D eigenvalue weighted by molar-refractivity contribution is 0.172. The summed E-state index contributed by atoms with van der Waals surface area (Å²) in [4.78, 5) is 31.0. The van der Waals surface area contributed by atoms with E-state index in [0.717, 1.165) is 16.5 Å². The molecule has 0 unspecified atom stereocenters. The molecule has 0 saturated carbocycles. The molecule has 1 aliphatic heterocycles. The molecule has 9 heteroatoms. The standard InChI is InChI=1S/C30H31N3O6/c1-36-25-9-8-20(14-26(25)37-2)10-11-33(30(35)31-18-21-6-4-3-5-7-21)19-23-15-22-16-27-28(39-13-12-38-27)17-24(22)32-29(23)34/h3-9,14-17H,10-13,18-19H2,1-2H3,(H,31,35)(H,32,34). The van der Waals surface area contributed by atoms with Gasteiger partial charge in [0.1, 0.15) is 13.2 Å². The fourth-order valence-electron chi connectivity index (χ4n) is 4.55. The third-order valence-corrected chi connectivity index (χ3v) is 6.64. The lowest BCUT2D eigenvalue weighted by Gasteiger charge is -2.24. The molecule has 2 heterocycles. The highest BCUT2D eigenvalue weighted by molar-refractivity contribution is 5.83. The maximum absolute atomic E-state index is 13.4. The summed E-state index contributed by atoms with van der Waals surface area (Å²) in [6.45, 7) is 1.83. The van der Waals surface area contributed by atoms with E-state index in [9.17, 15) is 9.59 Å². The summed E-state index contributed by atoms with van der Waals surface area (Å²) in [6, 6.07) is 20.5. The zero-order valence-electron chi connectivity index (χ0n) is 22.0. The highest BCUT2D eigenvalue weighted by Crippen LogP contribution is 2.34. The number of benzene rings is 3. The number of carbonyl (C=O) groups excluding carboxylic acids is 1. The van der Waals surface area contributed by atoms with Crippen molar-refractivity contribution in [3.8, 4) is 23.0 Å². The zero-order chi connectivity index (χ0) is 27.2. The number of urea groups is 1. The maximum Gasteiger partial charge on any atom is 0.317 e. The van der Waals surface area contributed by atoms with E-state index in [2.05, 4.69) is 10.3 Å². The Balaban J connectivity index is 1.39. The summed E-state index contributed by atoms with van der Waals surface area (Å²) in [5.74, 6) is 2.50. The number of aromatic nitrogens is 1. The first-order valence-corrected chi connectivity index (χ1v) is 12.8. The maximum atomic E-state index is 13.4. The number of pyridine rings is 1. The van der Waals surface area contributed by atoms with E-state index in [1.54, 1.807) is 31.3 Å². The molecule has 2 N–H and O–H groups in total. The molecule has 0 atom stereocenters. The number of hydrogen-bond donors (Lipinski definition) is 2. The third kappa shape index (κ3) is 6.09. The van der Waals surface area contributed by atoms with Crippen molar-refractivity contribution in [1.82, 2.24) is 15.2 Å². The van der Waals surface area contributed by atoms with Crippen LogP contribution in [0, 0.1) is 0 Å². The van der Waals surface area contributed by atoms with Gasteiger partial charge in [-0.3, -0.25) is 4.79 Å². The minimum absolute atomic E-state index is 0.133. The number of ether oxygens (including phenoxy) is 4. The molecule has 3 aromatic carbocycles. The molecule has 4 aromatic rings. The smallest absolute Gasteiger partial charge is 0.317 e.